The molecule has 2 aliphatic heterocycles. The molecule has 1 aromatic rings. The van der Waals surface area contributed by atoms with Crippen molar-refractivity contribution in [3.8, 4) is 5.75 Å². The first-order valence-corrected chi connectivity index (χ1v) is 7.16. The number of para-hydroxylation sites is 1. The molecule has 1 N–H and O–H groups in total. The van der Waals surface area contributed by atoms with Gasteiger partial charge in [0.1, 0.15) is 6.61 Å². The highest BCUT2D eigenvalue weighted by Crippen LogP contribution is 2.24. The van der Waals surface area contributed by atoms with Gasteiger partial charge in [-0.05, 0) is 37.4 Å². The molecule has 2 aliphatic rings. The van der Waals surface area contributed by atoms with Crippen molar-refractivity contribution in [2.24, 2.45) is 5.92 Å². The second kappa shape index (κ2) is 5.88. The summed E-state index contributed by atoms with van der Waals surface area (Å²) < 4.78 is 18.9. The maximum Gasteiger partial charge on any atom is 0.165 e. The van der Waals surface area contributed by atoms with Crippen LogP contribution in [0.5, 0.6) is 5.75 Å². The van der Waals surface area contributed by atoms with Gasteiger partial charge in [-0.1, -0.05) is 12.1 Å². The van der Waals surface area contributed by atoms with Crippen molar-refractivity contribution < 1.29 is 9.13 Å². The van der Waals surface area contributed by atoms with Gasteiger partial charge in [-0.2, -0.15) is 0 Å². The quantitative estimate of drug-likeness (QED) is 0.899. The zero-order valence-electron chi connectivity index (χ0n) is 11.1. The van der Waals surface area contributed by atoms with Gasteiger partial charge in [0, 0.05) is 25.7 Å². The number of rotatable bonds is 4. The summed E-state index contributed by atoms with van der Waals surface area (Å²) in [5, 5.41) is 3.59. The second-order valence-corrected chi connectivity index (χ2v) is 5.50. The van der Waals surface area contributed by atoms with Crippen molar-refractivity contribution >= 4 is 0 Å². The van der Waals surface area contributed by atoms with Gasteiger partial charge in [0.05, 0.1) is 0 Å². The third kappa shape index (κ3) is 3.07. The maximum absolute atomic E-state index is 13.4. The van der Waals surface area contributed by atoms with Crippen LogP contribution in [0.15, 0.2) is 24.3 Å². The van der Waals surface area contributed by atoms with Crippen LogP contribution in [0, 0.1) is 11.7 Å². The SMILES string of the molecule is Fc1ccccc1OCCN1C[C@@H]2CCCN[C@@H]2C1. The number of benzene rings is 1. The first-order chi connectivity index (χ1) is 9.33. The van der Waals surface area contributed by atoms with Crippen molar-refractivity contribution in [2.75, 3.05) is 32.8 Å². The van der Waals surface area contributed by atoms with E-state index in [0.29, 0.717) is 18.4 Å². The van der Waals surface area contributed by atoms with E-state index in [2.05, 4.69) is 10.2 Å². The number of hydrogen-bond donors (Lipinski definition) is 1. The number of nitrogens with zero attached hydrogens (tertiary/aromatic N) is 1. The molecule has 2 heterocycles. The van der Waals surface area contributed by atoms with E-state index in [9.17, 15) is 4.39 Å². The Morgan fingerprint density at radius 3 is 3.05 bits per heavy atom. The van der Waals surface area contributed by atoms with Crippen LogP contribution < -0.4 is 10.1 Å². The van der Waals surface area contributed by atoms with Gasteiger partial charge in [0.2, 0.25) is 0 Å². The average molecular weight is 264 g/mol. The van der Waals surface area contributed by atoms with Crippen LogP contribution in [0.1, 0.15) is 12.8 Å². The average Bonchev–Trinajstić information content (AvgIpc) is 2.83. The predicted octanol–water partition coefficient (Wildman–Crippen LogP) is 1.89. The molecule has 0 saturated carbocycles. The van der Waals surface area contributed by atoms with E-state index in [1.54, 1.807) is 18.2 Å². The normalized spacial score (nSPS) is 27.2. The van der Waals surface area contributed by atoms with E-state index in [-0.39, 0.29) is 5.82 Å². The highest BCUT2D eigenvalue weighted by Gasteiger charge is 2.33. The van der Waals surface area contributed by atoms with Gasteiger partial charge in [-0.25, -0.2) is 4.39 Å². The summed E-state index contributed by atoms with van der Waals surface area (Å²) in [5.41, 5.74) is 0. The Balaban J connectivity index is 1.45. The van der Waals surface area contributed by atoms with Crippen molar-refractivity contribution in [1.82, 2.24) is 10.2 Å². The number of ether oxygens (including phenoxy) is 1. The van der Waals surface area contributed by atoms with Crippen LogP contribution in [0.25, 0.3) is 0 Å². The Morgan fingerprint density at radius 1 is 1.32 bits per heavy atom. The molecule has 104 valence electrons. The van der Waals surface area contributed by atoms with Gasteiger partial charge in [0.25, 0.3) is 0 Å². The zero-order valence-corrected chi connectivity index (χ0v) is 11.1. The fourth-order valence-electron chi connectivity index (χ4n) is 3.17. The molecule has 0 amide bonds. The van der Waals surface area contributed by atoms with E-state index in [1.807, 2.05) is 0 Å². The minimum absolute atomic E-state index is 0.278. The number of likely N-dealkylation sites (tertiary alicyclic amines) is 1. The summed E-state index contributed by atoms with van der Waals surface area (Å²) in [7, 11) is 0. The number of nitrogens with one attached hydrogen (secondary N) is 1. The fraction of sp³-hybridized carbons (Fsp3) is 0.600. The highest BCUT2D eigenvalue weighted by molar-refractivity contribution is 5.23. The molecule has 0 aliphatic carbocycles. The third-order valence-corrected chi connectivity index (χ3v) is 4.18. The zero-order chi connectivity index (χ0) is 13.1. The van der Waals surface area contributed by atoms with Crippen LogP contribution in [0.3, 0.4) is 0 Å². The molecule has 0 spiro atoms. The van der Waals surface area contributed by atoms with Crippen molar-refractivity contribution in [1.29, 1.82) is 0 Å². The summed E-state index contributed by atoms with van der Waals surface area (Å²) >= 11 is 0. The van der Waals surface area contributed by atoms with Crippen molar-refractivity contribution in [2.45, 2.75) is 18.9 Å². The minimum atomic E-state index is -0.278. The standard InChI is InChI=1S/C15H21FN2O/c16-13-5-1-2-6-15(13)19-9-8-18-10-12-4-3-7-17-14(12)11-18/h1-2,5-6,12,14,17H,3-4,7-11H2/t12-,14+/m0/s1. The molecule has 2 saturated heterocycles. The summed E-state index contributed by atoms with van der Waals surface area (Å²) in [5.74, 6) is 0.874. The van der Waals surface area contributed by atoms with Gasteiger partial charge in [-0.15, -0.1) is 0 Å². The lowest BCUT2D eigenvalue weighted by Crippen LogP contribution is -2.40. The number of piperidine rings is 1. The maximum atomic E-state index is 13.4. The van der Waals surface area contributed by atoms with Gasteiger partial charge in [-0.3, -0.25) is 4.90 Å². The van der Waals surface area contributed by atoms with Crippen LogP contribution >= 0.6 is 0 Å². The summed E-state index contributed by atoms with van der Waals surface area (Å²) in [4.78, 5) is 2.43. The monoisotopic (exact) mass is 264 g/mol. The molecule has 19 heavy (non-hydrogen) atoms. The minimum Gasteiger partial charge on any atom is -0.489 e. The number of halogens is 1. The molecule has 3 nitrogen and oxygen atoms in total. The molecule has 0 radical (unpaired) electrons. The molecule has 1 aromatic carbocycles. The molecule has 4 heteroatoms. The van der Waals surface area contributed by atoms with Gasteiger partial charge < -0.3 is 10.1 Å². The van der Waals surface area contributed by atoms with Crippen LogP contribution in [-0.2, 0) is 0 Å². The Labute approximate surface area is 113 Å². The molecule has 2 fully saturated rings. The number of fused-ring (bicyclic) bond motifs is 1. The second-order valence-electron chi connectivity index (χ2n) is 5.50. The Bertz CT molecular complexity index is 412. The molecular weight excluding hydrogens is 243 g/mol. The fourth-order valence-corrected chi connectivity index (χ4v) is 3.17. The predicted molar refractivity (Wildman–Crippen MR) is 72.8 cm³/mol. The molecule has 0 bridgehead atoms. The summed E-state index contributed by atoms with van der Waals surface area (Å²) in [6, 6.07) is 7.25. The van der Waals surface area contributed by atoms with Gasteiger partial charge in [0.15, 0.2) is 11.6 Å². The highest BCUT2D eigenvalue weighted by atomic mass is 19.1. The lowest BCUT2D eigenvalue weighted by molar-refractivity contribution is 0.226. The van der Waals surface area contributed by atoms with Crippen molar-refractivity contribution in [3.05, 3.63) is 30.1 Å². The molecule has 3 rings (SSSR count). The van der Waals surface area contributed by atoms with E-state index >= 15 is 0 Å². The van der Waals surface area contributed by atoms with E-state index in [1.165, 1.54) is 18.9 Å². The Kier molecular flexibility index (Phi) is 3.99. The van der Waals surface area contributed by atoms with Crippen LogP contribution in [0.4, 0.5) is 4.39 Å². The first kappa shape index (κ1) is 12.9. The number of hydrogen-bond acceptors (Lipinski definition) is 3. The van der Waals surface area contributed by atoms with E-state index in [0.717, 1.165) is 32.1 Å². The van der Waals surface area contributed by atoms with E-state index < -0.39 is 0 Å². The molecule has 2 atom stereocenters. The molecule has 0 unspecified atom stereocenters. The van der Waals surface area contributed by atoms with Crippen LogP contribution in [-0.4, -0.2) is 43.7 Å². The Morgan fingerprint density at radius 2 is 2.21 bits per heavy atom. The lowest BCUT2D eigenvalue weighted by atomic mass is 9.94. The summed E-state index contributed by atoms with van der Waals surface area (Å²) in [6.07, 6.45) is 2.63. The van der Waals surface area contributed by atoms with Crippen LogP contribution in [0.2, 0.25) is 0 Å². The summed E-state index contributed by atoms with van der Waals surface area (Å²) in [6.45, 7) is 4.84. The van der Waals surface area contributed by atoms with Gasteiger partial charge >= 0.3 is 0 Å². The third-order valence-electron chi connectivity index (χ3n) is 4.18. The smallest absolute Gasteiger partial charge is 0.165 e. The Hall–Kier alpha value is -1.13. The van der Waals surface area contributed by atoms with Crippen molar-refractivity contribution in [3.63, 3.8) is 0 Å². The topological polar surface area (TPSA) is 24.5 Å². The van der Waals surface area contributed by atoms with E-state index in [4.69, 9.17) is 4.74 Å². The molecular formula is C15H21FN2O. The largest absolute Gasteiger partial charge is 0.489 e. The lowest BCUT2D eigenvalue weighted by Gasteiger charge is -2.24. The first-order valence-electron chi connectivity index (χ1n) is 7.16. The molecule has 0 aromatic heterocycles.